The SMILES string of the molecule is O=C(Nc1ccc(-c2nc3ccccc3s2)cc1)C1CCCCN1S(=O)(=O)c1ccc(Cl)s1. The summed E-state index contributed by atoms with van der Waals surface area (Å²) in [4.78, 5) is 17.7. The van der Waals surface area contributed by atoms with Crippen molar-refractivity contribution >= 4 is 66.1 Å². The monoisotopic (exact) mass is 517 g/mol. The molecule has 6 nitrogen and oxygen atoms in total. The number of hydrogen-bond acceptors (Lipinski definition) is 6. The molecule has 0 radical (unpaired) electrons. The molecule has 1 atom stereocenters. The smallest absolute Gasteiger partial charge is 0.253 e. The number of fused-ring (bicyclic) bond motifs is 1. The minimum Gasteiger partial charge on any atom is -0.325 e. The third-order valence-electron chi connectivity index (χ3n) is 5.56. The molecule has 33 heavy (non-hydrogen) atoms. The lowest BCUT2D eigenvalue weighted by atomic mass is 10.0. The molecule has 0 aliphatic carbocycles. The molecule has 2 aromatic carbocycles. The number of thiophene rings is 1. The molecule has 1 unspecified atom stereocenters. The molecule has 0 spiro atoms. The number of aromatic nitrogens is 1. The molecule has 1 saturated heterocycles. The van der Waals surface area contributed by atoms with Crippen LogP contribution in [0, 0.1) is 0 Å². The Bertz CT molecular complexity index is 1380. The van der Waals surface area contributed by atoms with Crippen LogP contribution in [0.4, 0.5) is 5.69 Å². The van der Waals surface area contributed by atoms with E-state index in [0.29, 0.717) is 23.0 Å². The number of piperidine rings is 1. The summed E-state index contributed by atoms with van der Waals surface area (Å²) in [5.74, 6) is -0.325. The molecule has 1 N–H and O–H groups in total. The van der Waals surface area contributed by atoms with Crippen molar-refractivity contribution in [2.45, 2.75) is 29.5 Å². The third kappa shape index (κ3) is 4.56. The quantitative estimate of drug-likeness (QED) is 0.359. The number of para-hydroxylation sites is 1. The average Bonchev–Trinajstić information content (AvgIpc) is 3.46. The number of carbonyl (C=O) groups excluding carboxylic acids is 1. The lowest BCUT2D eigenvalue weighted by molar-refractivity contribution is -0.120. The molecule has 1 aliphatic heterocycles. The van der Waals surface area contributed by atoms with Gasteiger partial charge in [0.15, 0.2) is 0 Å². The molecule has 4 aromatic rings. The van der Waals surface area contributed by atoms with Crippen molar-refractivity contribution in [3.63, 3.8) is 0 Å². The highest BCUT2D eigenvalue weighted by Gasteiger charge is 2.38. The summed E-state index contributed by atoms with van der Waals surface area (Å²) in [6.07, 6.45) is 2.00. The molecule has 2 aromatic heterocycles. The lowest BCUT2D eigenvalue weighted by Crippen LogP contribution is -2.49. The maximum absolute atomic E-state index is 13.1. The van der Waals surface area contributed by atoms with Gasteiger partial charge in [0, 0.05) is 17.8 Å². The van der Waals surface area contributed by atoms with Crippen LogP contribution in [0.1, 0.15) is 19.3 Å². The highest BCUT2D eigenvalue weighted by molar-refractivity contribution is 7.91. The third-order valence-corrected chi connectivity index (χ3v) is 10.3. The fraction of sp³-hybridized carbons (Fsp3) is 0.217. The van der Waals surface area contributed by atoms with Crippen molar-refractivity contribution in [1.29, 1.82) is 0 Å². The number of rotatable bonds is 5. The van der Waals surface area contributed by atoms with Gasteiger partial charge in [0.25, 0.3) is 10.0 Å². The van der Waals surface area contributed by atoms with Gasteiger partial charge in [0.2, 0.25) is 5.91 Å². The van der Waals surface area contributed by atoms with Gasteiger partial charge in [-0.25, -0.2) is 13.4 Å². The zero-order valence-corrected chi connectivity index (χ0v) is 20.6. The van der Waals surface area contributed by atoms with Crippen LogP contribution in [-0.2, 0) is 14.8 Å². The first-order valence-electron chi connectivity index (χ1n) is 10.5. The van der Waals surface area contributed by atoms with Crippen molar-refractivity contribution in [1.82, 2.24) is 9.29 Å². The summed E-state index contributed by atoms with van der Waals surface area (Å²) in [6, 6.07) is 17.7. The second-order valence-electron chi connectivity index (χ2n) is 7.74. The molecule has 0 bridgehead atoms. The van der Waals surface area contributed by atoms with Crippen molar-refractivity contribution < 1.29 is 13.2 Å². The summed E-state index contributed by atoms with van der Waals surface area (Å²) in [7, 11) is -3.78. The van der Waals surface area contributed by atoms with E-state index in [1.165, 1.54) is 10.4 Å². The van der Waals surface area contributed by atoms with Crippen molar-refractivity contribution in [2.75, 3.05) is 11.9 Å². The molecule has 3 heterocycles. The van der Waals surface area contributed by atoms with Crippen LogP contribution < -0.4 is 5.32 Å². The van der Waals surface area contributed by atoms with Crippen LogP contribution in [0.5, 0.6) is 0 Å². The topological polar surface area (TPSA) is 79.4 Å². The number of hydrogen-bond donors (Lipinski definition) is 1. The molecule has 0 saturated carbocycles. The van der Waals surface area contributed by atoms with Gasteiger partial charge in [0.1, 0.15) is 15.3 Å². The van der Waals surface area contributed by atoms with Gasteiger partial charge in [-0.2, -0.15) is 4.31 Å². The van der Waals surface area contributed by atoms with E-state index in [4.69, 9.17) is 11.6 Å². The van der Waals surface area contributed by atoms with Gasteiger partial charge in [-0.05, 0) is 61.4 Å². The summed E-state index contributed by atoms with van der Waals surface area (Å²) in [6.45, 7) is 0.312. The largest absolute Gasteiger partial charge is 0.325 e. The Morgan fingerprint density at radius 3 is 2.55 bits per heavy atom. The minimum atomic E-state index is -3.78. The first kappa shape index (κ1) is 22.5. The van der Waals surface area contributed by atoms with E-state index in [2.05, 4.69) is 10.3 Å². The summed E-state index contributed by atoms with van der Waals surface area (Å²) in [5, 5.41) is 3.80. The number of nitrogens with zero attached hydrogens (tertiary/aromatic N) is 2. The Morgan fingerprint density at radius 2 is 1.82 bits per heavy atom. The number of benzene rings is 2. The minimum absolute atomic E-state index is 0.160. The van der Waals surface area contributed by atoms with Gasteiger partial charge < -0.3 is 5.32 Å². The van der Waals surface area contributed by atoms with E-state index in [0.717, 1.165) is 45.0 Å². The van der Waals surface area contributed by atoms with Crippen LogP contribution in [-0.4, -0.2) is 36.2 Å². The van der Waals surface area contributed by atoms with E-state index >= 15 is 0 Å². The van der Waals surface area contributed by atoms with E-state index in [1.807, 2.05) is 48.5 Å². The summed E-state index contributed by atoms with van der Waals surface area (Å²) < 4.78 is 29.3. The number of anilines is 1. The van der Waals surface area contributed by atoms with Gasteiger partial charge in [-0.15, -0.1) is 22.7 Å². The Hall–Kier alpha value is -2.30. The molecule has 10 heteroatoms. The predicted molar refractivity (Wildman–Crippen MR) is 135 cm³/mol. The summed E-state index contributed by atoms with van der Waals surface area (Å²) in [5.41, 5.74) is 2.54. The van der Waals surface area contributed by atoms with Crippen LogP contribution in [0.2, 0.25) is 4.34 Å². The molecule has 170 valence electrons. The predicted octanol–water partition coefficient (Wildman–Crippen LogP) is 5.86. The fourth-order valence-corrected chi connectivity index (χ4v) is 8.16. The average molecular weight is 518 g/mol. The van der Waals surface area contributed by atoms with Crippen molar-refractivity contribution in [3.05, 3.63) is 65.0 Å². The second kappa shape index (κ2) is 9.15. The number of thiazole rings is 1. The van der Waals surface area contributed by atoms with Gasteiger partial charge >= 0.3 is 0 Å². The molecule has 1 amide bonds. The Balaban J connectivity index is 1.33. The van der Waals surface area contributed by atoms with Crippen LogP contribution in [0.15, 0.2) is 64.9 Å². The van der Waals surface area contributed by atoms with Crippen LogP contribution >= 0.6 is 34.3 Å². The van der Waals surface area contributed by atoms with Crippen molar-refractivity contribution in [2.24, 2.45) is 0 Å². The van der Waals surface area contributed by atoms with E-state index in [1.54, 1.807) is 17.4 Å². The zero-order chi connectivity index (χ0) is 23.0. The molecular formula is C23H20ClN3O3S3. The van der Waals surface area contributed by atoms with Crippen molar-refractivity contribution in [3.8, 4) is 10.6 Å². The van der Waals surface area contributed by atoms with Crippen LogP contribution in [0.3, 0.4) is 0 Å². The van der Waals surface area contributed by atoms with Gasteiger partial charge in [-0.3, -0.25) is 4.79 Å². The molecule has 1 fully saturated rings. The van der Waals surface area contributed by atoms with Crippen LogP contribution in [0.25, 0.3) is 20.8 Å². The summed E-state index contributed by atoms with van der Waals surface area (Å²) >= 11 is 8.57. The lowest BCUT2D eigenvalue weighted by Gasteiger charge is -2.33. The normalized spacial score (nSPS) is 17.3. The maximum Gasteiger partial charge on any atom is 0.253 e. The molecular weight excluding hydrogens is 498 g/mol. The number of sulfonamides is 1. The maximum atomic E-state index is 13.1. The highest BCUT2D eigenvalue weighted by atomic mass is 35.5. The number of carbonyl (C=O) groups is 1. The van der Waals surface area contributed by atoms with Gasteiger partial charge in [-0.1, -0.05) is 30.2 Å². The van der Waals surface area contributed by atoms with E-state index < -0.39 is 16.1 Å². The Morgan fingerprint density at radius 1 is 1.03 bits per heavy atom. The number of nitrogens with one attached hydrogen (secondary N) is 1. The second-order valence-corrected chi connectivity index (χ2v) is 12.6. The van der Waals surface area contributed by atoms with Gasteiger partial charge in [0.05, 0.1) is 14.6 Å². The fourth-order valence-electron chi connectivity index (χ4n) is 3.92. The zero-order valence-electron chi connectivity index (χ0n) is 17.4. The van der Waals surface area contributed by atoms with E-state index in [9.17, 15) is 13.2 Å². The molecule has 5 rings (SSSR count). The Kier molecular flexibility index (Phi) is 6.24. The number of amides is 1. The first-order valence-corrected chi connectivity index (χ1v) is 13.9. The first-order chi connectivity index (χ1) is 15.9. The van der Waals surface area contributed by atoms with E-state index in [-0.39, 0.29) is 10.1 Å². The number of halogens is 1. The molecule has 1 aliphatic rings. The highest BCUT2D eigenvalue weighted by Crippen LogP contribution is 2.33. The Labute approximate surface area is 204 Å². The standard InChI is InChI=1S/C23H20ClN3O3S3/c24-20-12-13-21(32-20)33(29,30)27-14-4-3-6-18(27)22(28)25-16-10-8-15(9-11-16)23-26-17-5-1-2-7-19(17)31-23/h1-2,5,7-13,18H,3-4,6,14H2,(H,25,28).